The highest BCUT2D eigenvalue weighted by atomic mass is 32.1. The van der Waals surface area contributed by atoms with Crippen molar-refractivity contribution in [3.05, 3.63) is 11.1 Å². The third-order valence-corrected chi connectivity index (χ3v) is 4.85. The first-order chi connectivity index (χ1) is 7.83. The highest BCUT2D eigenvalue weighted by Gasteiger charge is 2.34. The van der Waals surface area contributed by atoms with Gasteiger partial charge in [-0.05, 0) is 38.1 Å². The van der Waals surface area contributed by atoms with E-state index in [0.29, 0.717) is 5.13 Å². The number of nitrogen functional groups attached to an aromatic ring is 1. The molecule has 3 rings (SSSR count). The number of thiazole rings is 1. The number of hydrogen-bond acceptors (Lipinski definition) is 4. The Balaban J connectivity index is 1.69. The number of piperidine rings is 1. The maximum atomic E-state index is 5.68. The molecule has 1 saturated heterocycles. The Bertz CT molecular complexity index is 363. The minimum atomic E-state index is 0.704. The van der Waals surface area contributed by atoms with Crippen LogP contribution < -0.4 is 5.73 Å². The van der Waals surface area contributed by atoms with E-state index in [-0.39, 0.29) is 0 Å². The van der Waals surface area contributed by atoms with Crippen LogP contribution in [0.4, 0.5) is 5.13 Å². The van der Waals surface area contributed by atoms with Crippen LogP contribution in [-0.2, 0) is 6.54 Å². The van der Waals surface area contributed by atoms with Crippen LogP contribution in [0.2, 0.25) is 0 Å². The van der Waals surface area contributed by atoms with Crippen LogP contribution in [0.5, 0.6) is 0 Å². The molecule has 1 aromatic heterocycles. The van der Waals surface area contributed by atoms with Crippen molar-refractivity contribution in [1.29, 1.82) is 0 Å². The third kappa shape index (κ3) is 1.96. The zero-order valence-corrected chi connectivity index (χ0v) is 10.4. The van der Waals surface area contributed by atoms with Gasteiger partial charge in [-0.25, -0.2) is 4.98 Å². The second-order valence-electron chi connectivity index (χ2n) is 5.04. The third-order valence-electron chi connectivity index (χ3n) is 4.04. The summed E-state index contributed by atoms with van der Waals surface area (Å²) in [4.78, 5) is 8.12. The second kappa shape index (κ2) is 4.34. The smallest absolute Gasteiger partial charge is 0.180 e. The van der Waals surface area contributed by atoms with Gasteiger partial charge in [0.15, 0.2) is 5.13 Å². The zero-order valence-electron chi connectivity index (χ0n) is 9.56. The Kier molecular flexibility index (Phi) is 2.86. The molecule has 1 aliphatic heterocycles. The molecule has 88 valence electrons. The molecule has 1 aliphatic carbocycles. The number of aromatic nitrogens is 1. The number of fused-ring (bicyclic) bond motifs is 1. The molecule has 16 heavy (non-hydrogen) atoms. The van der Waals surface area contributed by atoms with E-state index < -0.39 is 0 Å². The Morgan fingerprint density at radius 3 is 3.06 bits per heavy atom. The summed E-state index contributed by atoms with van der Waals surface area (Å²) in [5.41, 5.74) is 5.68. The molecular weight excluding hydrogens is 218 g/mol. The largest absolute Gasteiger partial charge is 0.375 e. The van der Waals surface area contributed by atoms with E-state index >= 15 is 0 Å². The zero-order chi connectivity index (χ0) is 11.0. The predicted molar refractivity (Wildman–Crippen MR) is 67.3 cm³/mol. The van der Waals surface area contributed by atoms with Crippen LogP contribution >= 0.6 is 11.3 Å². The van der Waals surface area contributed by atoms with E-state index in [2.05, 4.69) is 9.88 Å². The number of hydrogen-bond donors (Lipinski definition) is 1. The fourth-order valence-corrected chi connectivity index (χ4v) is 4.06. The minimum Gasteiger partial charge on any atom is -0.375 e. The molecule has 4 heteroatoms. The first-order valence-corrected chi connectivity index (χ1v) is 7.09. The van der Waals surface area contributed by atoms with E-state index in [4.69, 9.17) is 5.73 Å². The number of nitrogens with zero attached hydrogens (tertiary/aromatic N) is 2. The fourth-order valence-electron chi connectivity index (χ4n) is 3.35. The molecule has 2 aliphatic rings. The molecule has 0 amide bonds. The van der Waals surface area contributed by atoms with Crippen molar-refractivity contribution >= 4 is 16.5 Å². The van der Waals surface area contributed by atoms with E-state index in [1.807, 2.05) is 6.20 Å². The molecule has 0 aromatic carbocycles. The molecule has 1 aromatic rings. The number of nitrogens with two attached hydrogens (primary N) is 1. The summed E-state index contributed by atoms with van der Waals surface area (Å²) in [6.07, 6.45) is 9.04. The van der Waals surface area contributed by atoms with Gasteiger partial charge in [0, 0.05) is 23.7 Å². The Morgan fingerprint density at radius 2 is 2.25 bits per heavy atom. The van der Waals surface area contributed by atoms with Crippen molar-refractivity contribution in [2.24, 2.45) is 5.92 Å². The van der Waals surface area contributed by atoms with Gasteiger partial charge >= 0.3 is 0 Å². The molecule has 3 nitrogen and oxygen atoms in total. The van der Waals surface area contributed by atoms with Crippen LogP contribution in [0.1, 0.15) is 37.0 Å². The molecule has 2 N–H and O–H groups in total. The lowest BCUT2D eigenvalue weighted by molar-refractivity contribution is 0.107. The minimum absolute atomic E-state index is 0.704. The topological polar surface area (TPSA) is 42.1 Å². The molecule has 2 atom stereocenters. The highest BCUT2D eigenvalue weighted by Crippen LogP contribution is 2.37. The van der Waals surface area contributed by atoms with E-state index in [1.54, 1.807) is 11.3 Å². The quantitative estimate of drug-likeness (QED) is 0.859. The van der Waals surface area contributed by atoms with Crippen LogP contribution in [-0.4, -0.2) is 22.5 Å². The lowest BCUT2D eigenvalue weighted by Gasteiger charge is -2.37. The Hall–Kier alpha value is -0.610. The first-order valence-electron chi connectivity index (χ1n) is 6.27. The second-order valence-corrected chi connectivity index (χ2v) is 6.18. The van der Waals surface area contributed by atoms with Crippen LogP contribution in [0.15, 0.2) is 6.20 Å². The van der Waals surface area contributed by atoms with Gasteiger partial charge in [0.25, 0.3) is 0 Å². The normalized spacial score (nSPS) is 30.5. The molecule has 2 unspecified atom stereocenters. The molecular formula is C12H19N3S. The van der Waals surface area contributed by atoms with Gasteiger partial charge in [0.1, 0.15) is 0 Å². The van der Waals surface area contributed by atoms with Gasteiger partial charge in [-0.15, -0.1) is 11.3 Å². The molecule has 2 heterocycles. The first kappa shape index (κ1) is 10.5. The lowest BCUT2D eigenvalue weighted by atomic mass is 9.92. The van der Waals surface area contributed by atoms with Crippen LogP contribution in [0.3, 0.4) is 0 Å². The predicted octanol–water partition coefficient (Wildman–Crippen LogP) is 2.49. The van der Waals surface area contributed by atoms with E-state index in [9.17, 15) is 0 Å². The van der Waals surface area contributed by atoms with Gasteiger partial charge in [0.2, 0.25) is 0 Å². The Morgan fingerprint density at radius 1 is 1.38 bits per heavy atom. The molecule has 0 radical (unpaired) electrons. The van der Waals surface area contributed by atoms with Crippen molar-refractivity contribution in [3.63, 3.8) is 0 Å². The average Bonchev–Trinajstić information content (AvgIpc) is 2.87. The van der Waals surface area contributed by atoms with Gasteiger partial charge < -0.3 is 5.73 Å². The molecule has 0 bridgehead atoms. The van der Waals surface area contributed by atoms with Gasteiger partial charge in [-0.2, -0.15) is 0 Å². The summed E-state index contributed by atoms with van der Waals surface area (Å²) in [5, 5.41) is 0.704. The van der Waals surface area contributed by atoms with Crippen molar-refractivity contribution < 1.29 is 0 Å². The molecule has 0 spiro atoms. The monoisotopic (exact) mass is 237 g/mol. The summed E-state index contributed by atoms with van der Waals surface area (Å²) in [7, 11) is 0. The standard InChI is InChI=1S/C12H19N3S/c13-12-14-7-10(16-12)8-15-6-2-4-9-3-1-5-11(9)15/h7,9,11H,1-6,8H2,(H2,13,14). The van der Waals surface area contributed by atoms with Crippen molar-refractivity contribution in [2.45, 2.75) is 44.7 Å². The molecule has 2 fully saturated rings. The lowest BCUT2D eigenvalue weighted by Crippen LogP contribution is -2.41. The summed E-state index contributed by atoms with van der Waals surface area (Å²) in [6, 6.07) is 0.845. The summed E-state index contributed by atoms with van der Waals surface area (Å²) in [6.45, 7) is 2.33. The maximum absolute atomic E-state index is 5.68. The van der Waals surface area contributed by atoms with Crippen LogP contribution in [0, 0.1) is 5.92 Å². The van der Waals surface area contributed by atoms with Crippen molar-refractivity contribution in [3.8, 4) is 0 Å². The van der Waals surface area contributed by atoms with Crippen molar-refractivity contribution in [1.82, 2.24) is 9.88 Å². The van der Waals surface area contributed by atoms with E-state index in [1.165, 1.54) is 43.5 Å². The Labute approximate surface area is 101 Å². The summed E-state index contributed by atoms with van der Waals surface area (Å²) in [5.74, 6) is 0.971. The van der Waals surface area contributed by atoms with Gasteiger partial charge in [0.05, 0.1) is 0 Å². The number of anilines is 1. The van der Waals surface area contributed by atoms with Gasteiger partial charge in [-0.3, -0.25) is 4.90 Å². The maximum Gasteiger partial charge on any atom is 0.180 e. The summed E-state index contributed by atoms with van der Waals surface area (Å²) >= 11 is 1.64. The number of rotatable bonds is 2. The van der Waals surface area contributed by atoms with Crippen LogP contribution in [0.25, 0.3) is 0 Å². The SMILES string of the molecule is Nc1ncc(CN2CCCC3CCCC32)s1. The molecule has 1 saturated carbocycles. The highest BCUT2D eigenvalue weighted by molar-refractivity contribution is 7.15. The van der Waals surface area contributed by atoms with E-state index in [0.717, 1.165) is 18.5 Å². The van der Waals surface area contributed by atoms with Crippen molar-refractivity contribution in [2.75, 3.05) is 12.3 Å². The number of likely N-dealkylation sites (tertiary alicyclic amines) is 1. The summed E-state index contributed by atoms with van der Waals surface area (Å²) < 4.78 is 0. The average molecular weight is 237 g/mol. The fraction of sp³-hybridized carbons (Fsp3) is 0.750. The van der Waals surface area contributed by atoms with Gasteiger partial charge in [-0.1, -0.05) is 6.42 Å².